The van der Waals surface area contributed by atoms with E-state index in [1.165, 1.54) is 32.6 Å². The van der Waals surface area contributed by atoms with Crippen molar-refractivity contribution < 1.29 is 4.79 Å². The van der Waals surface area contributed by atoms with Gasteiger partial charge in [-0.3, -0.25) is 9.79 Å². The molecular formula is C18H37IN6O. The average Bonchev–Trinajstić information content (AvgIpc) is 2.99. The third-order valence-corrected chi connectivity index (χ3v) is 5.16. The zero-order chi connectivity index (χ0) is 18.1. The first-order valence-electron chi connectivity index (χ1n) is 9.78. The summed E-state index contributed by atoms with van der Waals surface area (Å²) in [5, 5.41) is 6.87. The maximum Gasteiger partial charge on any atom is 0.222 e. The molecule has 0 saturated carbocycles. The van der Waals surface area contributed by atoms with Gasteiger partial charge in [-0.1, -0.05) is 6.92 Å². The fraction of sp³-hybridized carbons (Fsp3) is 0.889. The Morgan fingerprint density at radius 2 is 2.00 bits per heavy atom. The first-order valence-corrected chi connectivity index (χ1v) is 9.78. The number of amides is 1. The maximum absolute atomic E-state index is 11.8. The molecule has 0 aliphatic carbocycles. The van der Waals surface area contributed by atoms with Gasteiger partial charge in [-0.15, -0.1) is 24.0 Å². The van der Waals surface area contributed by atoms with Crippen molar-refractivity contribution in [1.29, 1.82) is 0 Å². The van der Waals surface area contributed by atoms with E-state index in [0.29, 0.717) is 12.5 Å². The lowest BCUT2D eigenvalue weighted by atomic mass is 10.3. The van der Waals surface area contributed by atoms with E-state index in [4.69, 9.17) is 0 Å². The van der Waals surface area contributed by atoms with Gasteiger partial charge >= 0.3 is 0 Å². The van der Waals surface area contributed by atoms with Crippen molar-refractivity contribution in [3.05, 3.63) is 0 Å². The van der Waals surface area contributed by atoms with Gasteiger partial charge in [0.05, 0.1) is 0 Å². The predicted octanol–water partition coefficient (Wildman–Crippen LogP) is 0.808. The summed E-state index contributed by atoms with van der Waals surface area (Å²) in [7, 11) is 4.02. The normalized spacial score (nSPS) is 22.7. The number of nitrogens with zero attached hydrogens (tertiary/aromatic N) is 4. The van der Waals surface area contributed by atoms with Crippen molar-refractivity contribution >= 4 is 35.8 Å². The largest absolute Gasteiger partial charge is 0.356 e. The minimum Gasteiger partial charge on any atom is -0.356 e. The van der Waals surface area contributed by atoms with Crippen molar-refractivity contribution in [1.82, 2.24) is 25.3 Å². The predicted molar refractivity (Wildman–Crippen MR) is 118 cm³/mol. The molecule has 26 heavy (non-hydrogen) atoms. The minimum absolute atomic E-state index is 0. The summed E-state index contributed by atoms with van der Waals surface area (Å²) in [5.41, 5.74) is 0. The average molecular weight is 480 g/mol. The molecule has 0 aromatic rings. The number of carbonyl (C=O) groups excluding carboxylic acids is 1. The summed E-state index contributed by atoms with van der Waals surface area (Å²) < 4.78 is 0. The van der Waals surface area contributed by atoms with Gasteiger partial charge in [0.2, 0.25) is 5.91 Å². The molecule has 2 fully saturated rings. The number of hydrogen-bond donors (Lipinski definition) is 2. The molecule has 2 aliphatic rings. The smallest absolute Gasteiger partial charge is 0.222 e. The molecule has 0 aromatic heterocycles. The Hall–Kier alpha value is -0.610. The molecule has 0 aromatic carbocycles. The molecule has 1 amide bonds. The van der Waals surface area contributed by atoms with Crippen molar-refractivity contribution in [3.8, 4) is 0 Å². The van der Waals surface area contributed by atoms with Crippen molar-refractivity contribution in [3.63, 3.8) is 0 Å². The van der Waals surface area contributed by atoms with Gasteiger partial charge < -0.3 is 25.3 Å². The zero-order valence-corrected chi connectivity index (χ0v) is 19.0. The van der Waals surface area contributed by atoms with Crippen molar-refractivity contribution in [2.75, 3.05) is 66.5 Å². The van der Waals surface area contributed by atoms with Crippen LogP contribution in [0.1, 0.15) is 32.6 Å². The van der Waals surface area contributed by atoms with Crippen LogP contribution in [-0.2, 0) is 4.79 Å². The topological polar surface area (TPSA) is 63.2 Å². The van der Waals surface area contributed by atoms with E-state index in [1.807, 2.05) is 18.9 Å². The van der Waals surface area contributed by atoms with Crippen LogP contribution in [0.15, 0.2) is 4.99 Å². The highest BCUT2D eigenvalue weighted by atomic mass is 127. The molecule has 2 saturated heterocycles. The summed E-state index contributed by atoms with van der Waals surface area (Å²) in [6, 6.07) is 0.308. The fourth-order valence-corrected chi connectivity index (χ4v) is 3.55. The molecule has 1 unspecified atom stereocenters. The third kappa shape index (κ3) is 7.96. The van der Waals surface area contributed by atoms with Crippen LogP contribution in [0.4, 0.5) is 0 Å². The highest BCUT2D eigenvalue weighted by molar-refractivity contribution is 14.0. The first-order chi connectivity index (χ1) is 12.1. The van der Waals surface area contributed by atoms with Crippen LogP contribution < -0.4 is 10.6 Å². The Morgan fingerprint density at radius 1 is 1.19 bits per heavy atom. The quantitative estimate of drug-likeness (QED) is 0.255. The molecule has 2 rings (SSSR count). The fourth-order valence-electron chi connectivity index (χ4n) is 3.55. The van der Waals surface area contributed by atoms with E-state index >= 15 is 0 Å². The van der Waals surface area contributed by atoms with Gasteiger partial charge in [-0.25, -0.2) is 0 Å². The SMILES string of the molecule is CCC(=O)N1CCC(NC(=NC)NCCCN2CCCN(C)CC2)C1.I. The molecule has 8 heteroatoms. The van der Waals surface area contributed by atoms with Crippen LogP contribution in [0, 0.1) is 0 Å². The number of likely N-dealkylation sites (tertiary alicyclic amines) is 1. The van der Waals surface area contributed by atoms with Crippen molar-refractivity contribution in [2.24, 2.45) is 4.99 Å². The molecule has 1 atom stereocenters. The lowest BCUT2D eigenvalue weighted by Gasteiger charge is -2.21. The minimum atomic E-state index is 0. The Balaban J connectivity index is 0.00000338. The van der Waals surface area contributed by atoms with E-state index in [2.05, 4.69) is 32.5 Å². The summed E-state index contributed by atoms with van der Waals surface area (Å²) in [6.45, 7) is 10.4. The summed E-state index contributed by atoms with van der Waals surface area (Å²) in [5.74, 6) is 1.10. The number of hydrogen-bond acceptors (Lipinski definition) is 4. The van der Waals surface area contributed by atoms with Gasteiger partial charge in [-0.05, 0) is 45.9 Å². The number of halogens is 1. The number of likely N-dealkylation sites (N-methyl/N-ethyl adjacent to an activating group) is 1. The number of rotatable bonds is 6. The number of guanidine groups is 1. The Bertz CT molecular complexity index is 447. The van der Waals surface area contributed by atoms with Crippen LogP contribution in [0.3, 0.4) is 0 Å². The van der Waals surface area contributed by atoms with Crippen LogP contribution >= 0.6 is 24.0 Å². The van der Waals surface area contributed by atoms with E-state index < -0.39 is 0 Å². The first kappa shape index (κ1) is 23.4. The van der Waals surface area contributed by atoms with Crippen molar-refractivity contribution in [2.45, 2.75) is 38.6 Å². The molecule has 0 radical (unpaired) electrons. The molecule has 2 N–H and O–H groups in total. The molecule has 2 heterocycles. The Kier molecular flexibility index (Phi) is 11.5. The van der Waals surface area contributed by atoms with Crippen LogP contribution in [-0.4, -0.2) is 99.1 Å². The lowest BCUT2D eigenvalue weighted by molar-refractivity contribution is -0.129. The second-order valence-electron chi connectivity index (χ2n) is 7.17. The Labute approximate surface area is 176 Å². The van der Waals surface area contributed by atoms with Gasteiger partial charge in [0.15, 0.2) is 5.96 Å². The second kappa shape index (κ2) is 12.7. The summed E-state index contributed by atoms with van der Waals surface area (Å²) >= 11 is 0. The van der Waals surface area contributed by atoms with E-state index in [1.54, 1.807) is 0 Å². The monoisotopic (exact) mass is 480 g/mol. The van der Waals surface area contributed by atoms with E-state index in [-0.39, 0.29) is 29.9 Å². The van der Waals surface area contributed by atoms with Gasteiger partial charge in [-0.2, -0.15) is 0 Å². The van der Waals surface area contributed by atoms with Gasteiger partial charge in [0.25, 0.3) is 0 Å². The number of nitrogens with one attached hydrogen (secondary N) is 2. The zero-order valence-electron chi connectivity index (χ0n) is 16.7. The van der Waals surface area contributed by atoms with E-state index in [0.717, 1.165) is 45.0 Å². The van der Waals surface area contributed by atoms with Crippen LogP contribution in [0.2, 0.25) is 0 Å². The third-order valence-electron chi connectivity index (χ3n) is 5.16. The second-order valence-corrected chi connectivity index (χ2v) is 7.17. The highest BCUT2D eigenvalue weighted by Crippen LogP contribution is 2.10. The van der Waals surface area contributed by atoms with E-state index in [9.17, 15) is 4.79 Å². The lowest BCUT2D eigenvalue weighted by Crippen LogP contribution is -2.45. The Morgan fingerprint density at radius 3 is 2.73 bits per heavy atom. The van der Waals surface area contributed by atoms with Crippen LogP contribution in [0.5, 0.6) is 0 Å². The number of aliphatic imine (C=N–C) groups is 1. The summed E-state index contributed by atoms with van der Waals surface area (Å²) in [4.78, 5) is 23.0. The molecule has 2 aliphatic heterocycles. The van der Waals surface area contributed by atoms with Gasteiger partial charge in [0.1, 0.15) is 0 Å². The molecule has 7 nitrogen and oxygen atoms in total. The standard InChI is InChI=1S/C18H36N6O.HI/c1-4-17(25)24-12-7-16(15-24)21-18(19-2)20-8-5-10-23-11-6-9-22(3)13-14-23;/h16H,4-15H2,1-3H3,(H2,19,20,21);1H. The molecule has 0 bridgehead atoms. The molecule has 0 spiro atoms. The molecular weight excluding hydrogens is 443 g/mol. The van der Waals surface area contributed by atoms with Gasteiger partial charge in [0, 0.05) is 52.2 Å². The number of carbonyl (C=O) groups is 1. The maximum atomic E-state index is 11.8. The van der Waals surface area contributed by atoms with Crippen LogP contribution in [0.25, 0.3) is 0 Å². The summed E-state index contributed by atoms with van der Waals surface area (Å²) in [6.07, 6.45) is 3.97. The molecule has 152 valence electrons. The highest BCUT2D eigenvalue weighted by Gasteiger charge is 2.25.